The summed E-state index contributed by atoms with van der Waals surface area (Å²) in [6, 6.07) is 10.5. The molecule has 0 aliphatic heterocycles. The Morgan fingerprint density at radius 3 is 2.37 bits per heavy atom. The monoisotopic (exact) mass is 256 g/mol. The molecule has 0 fully saturated rings. The van der Waals surface area contributed by atoms with Gasteiger partial charge in [0.25, 0.3) is 0 Å². The minimum Gasteiger partial charge on any atom is -0.304 e. The molecule has 0 atom stereocenters. The fourth-order valence-corrected chi connectivity index (χ4v) is 1.93. The minimum absolute atomic E-state index is 0.216. The second kappa shape index (κ2) is 5.65. The Kier molecular flexibility index (Phi) is 3.95. The number of hydrogen-bond donors (Lipinski definition) is 0. The van der Waals surface area contributed by atoms with E-state index >= 15 is 0 Å². The van der Waals surface area contributed by atoms with Crippen LogP contribution in [0.1, 0.15) is 19.5 Å². The van der Waals surface area contributed by atoms with Crippen LogP contribution in [-0.4, -0.2) is 9.38 Å². The molecule has 0 aliphatic rings. The topological polar surface area (TPSA) is 17.3 Å². The molecule has 2 heterocycles. The molecule has 0 unspecified atom stereocenters. The third kappa shape index (κ3) is 2.65. The molecule has 0 saturated heterocycles. The highest BCUT2D eigenvalue weighted by Crippen LogP contribution is 2.21. The van der Waals surface area contributed by atoms with Gasteiger partial charge in [0.2, 0.25) is 0 Å². The second-order valence-corrected chi connectivity index (χ2v) is 4.05. The van der Waals surface area contributed by atoms with Gasteiger partial charge in [-0.25, -0.2) is 9.37 Å². The highest BCUT2D eigenvalue weighted by atomic mass is 19.1. The number of nitrogens with zero attached hydrogens (tertiary/aromatic N) is 2. The van der Waals surface area contributed by atoms with Crippen LogP contribution in [0.3, 0.4) is 0 Å². The standard InChI is InChI=1S/C14H11FN2.C2H6/c1-10-9-16-14-8-12(6-7-17(10)14)11-2-4-13(15)5-3-11;1-2/h2-9H,1H3;1-2H3. The Labute approximate surface area is 112 Å². The first-order chi connectivity index (χ1) is 9.24. The van der Waals surface area contributed by atoms with Crippen LogP contribution in [0.2, 0.25) is 0 Å². The largest absolute Gasteiger partial charge is 0.304 e. The molecule has 3 aromatic rings. The van der Waals surface area contributed by atoms with E-state index in [2.05, 4.69) is 4.98 Å². The Morgan fingerprint density at radius 2 is 1.68 bits per heavy atom. The normalized spacial score (nSPS) is 10.1. The van der Waals surface area contributed by atoms with Crippen LogP contribution < -0.4 is 0 Å². The number of pyridine rings is 1. The van der Waals surface area contributed by atoms with Gasteiger partial charge in [-0.2, -0.15) is 0 Å². The molecule has 0 aliphatic carbocycles. The summed E-state index contributed by atoms with van der Waals surface area (Å²) >= 11 is 0. The minimum atomic E-state index is -0.216. The van der Waals surface area contributed by atoms with Crippen LogP contribution in [-0.2, 0) is 0 Å². The lowest BCUT2D eigenvalue weighted by Gasteiger charge is -2.03. The molecule has 0 spiro atoms. The number of aryl methyl sites for hydroxylation is 1. The lowest BCUT2D eigenvalue weighted by atomic mass is 10.1. The predicted octanol–water partition coefficient (Wildman–Crippen LogP) is 4.48. The van der Waals surface area contributed by atoms with E-state index in [4.69, 9.17) is 0 Å². The van der Waals surface area contributed by atoms with Crippen molar-refractivity contribution in [2.45, 2.75) is 20.8 Å². The fourth-order valence-electron chi connectivity index (χ4n) is 1.93. The summed E-state index contributed by atoms with van der Waals surface area (Å²) in [4.78, 5) is 4.31. The van der Waals surface area contributed by atoms with Crippen molar-refractivity contribution in [2.75, 3.05) is 0 Å². The first kappa shape index (κ1) is 13.3. The highest BCUT2D eigenvalue weighted by molar-refractivity contribution is 5.67. The molecule has 2 aromatic heterocycles. The van der Waals surface area contributed by atoms with Gasteiger partial charge < -0.3 is 4.40 Å². The van der Waals surface area contributed by atoms with Gasteiger partial charge in [0.15, 0.2) is 0 Å². The van der Waals surface area contributed by atoms with Crippen LogP contribution in [0.4, 0.5) is 4.39 Å². The molecule has 0 bridgehead atoms. The van der Waals surface area contributed by atoms with E-state index in [0.29, 0.717) is 0 Å². The maximum atomic E-state index is 12.8. The molecule has 3 heteroatoms. The van der Waals surface area contributed by atoms with Crippen LogP contribution in [0.15, 0.2) is 48.8 Å². The smallest absolute Gasteiger partial charge is 0.137 e. The van der Waals surface area contributed by atoms with E-state index in [-0.39, 0.29) is 5.82 Å². The molecule has 0 radical (unpaired) electrons. The number of imidazole rings is 1. The molecule has 2 nitrogen and oxygen atoms in total. The van der Waals surface area contributed by atoms with Crippen molar-refractivity contribution in [3.05, 3.63) is 60.3 Å². The van der Waals surface area contributed by atoms with E-state index in [1.165, 1.54) is 12.1 Å². The number of benzene rings is 1. The summed E-state index contributed by atoms with van der Waals surface area (Å²) in [5.41, 5.74) is 4.05. The maximum Gasteiger partial charge on any atom is 0.137 e. The average Bonchev–Trinajstić information content (AvgIpc) is 2.83. The van der Waals surface area contributed by atoms with Crippen LogP contribution >= 0.6 is 0 Å². The summed E-state index contributed by atoms with van der Waals surface area (Å²) in [6.07, 6.45) is 3.82. The van der Waals surface area contributed by atoms with Crippen molar-refractivity contribution < 1.29 is 4.39 Å². The fraction of sp³-hybridized carbons (Fsp3) is 0.188. The third-order valence-corrected chi connectivity index (χ3v) is 2.88. The maximum absolute atomic E-state index is 12.8. The molecule has 98 valence electrons. The molecule has 0 N–H and O–H groups in total. The Bertz CT molecular complexity index is 669. The molecular formula is C16H17FN2. The van der Waals surface area contributed by atoms with Gasteiger partial charge in [0.05, 0.1) is 0 Å². The summed E-state index contributed by atoms with van der Waals surface area (Å²) in [5, 5.41) is 0. The molecule has 3 rings (SSSR count). The number of fused-ring (bicyclic) bond motifs is 1. The molecule has 0 saturated carbocycles. The zero-order chi connectivity index (χ0) is 13.8. The van der Waals surface area contributed by atoms with Gasteiger partial charge in [0, 0.05) is 18.1 Å². The van der Waals surface area contributed by atoms with Crippen molar-refractivity contribution >= 4 is 5.65 Å². The van der Waals surface area contributed by atoms with Crippen LogP contribution in [0, 0.1) is 12.7 Å². The van der Waals surface area contributed by atoms with E-state index in [0.717, 1.165) is 22.5 Å². The zero-order valence-corrected chi connectivity index (χ0v) is 11.4. The molecule has 1 aromatic carbocycles. The van der Waals surface area contributed by atoms with Gasteiger partial charge in [-0.1, -0.05) is 26.0 Å². The van der Waals surface area contributed by atoms with Gasteiger partial charge in [-0.05, 0) is 42.3 Å². The van der Waals surface area contributed by atoms with Gasteiger partial charge in [0.1, 0.15) is 11.5 Å². The van der Waals surface area contributed by atoms with E-state index < -0.39 is 0 Å². The molecular weight excluding hydrogens is 239 g/mol. The first-order valence-electron chi connectivity index (χ1n) is 6.44. The number of aromatic nitrogens is 2. The lowest BCUT2D eigenvalue weighted by molar-refractivity contribution is 0.628. The van der Waals surface area contributed by atoms with Crippen LogP contribution in [0.25, 0.3) is 16.8 Å². The number of halogens is 1. The van der Waals surface area contributed by atoms with Crippen molar-refractivity contribution in [3.63, 3.8) is 0 Å². The molecule has 19 heavy (non-hydrogen) atoms. The van der Waals surface area contributed by atoms with Crippen molar-refractivity contribution in [3.8, 4) is 11.1 Å². The quantitative estimate of drug-likeness (QED) is 0.627. The van der Waals surface area contributed by atoms with E-state index in [9.17, 15) is 4.39 Å². The molecule has 0 amide bonds. The average molecular weight is 256 g/mol. The van der Waals surface area contributed by atoms with Crippen LogP contribution in [0.5, 0.6) is 0 Å². The SMILES string of the molecule is CC.Cc1cnc2cc(-c3ccc(F)cc3)ccn12. The third-order valence-electron chi connectivity index (χ3n) is 2.88. The first-order valence-corrected chi connectivity index (χ1v) is 6.44. The van der Waals surface area contributed by atoms with Crippen molar-refractivity contribution in [2.24, 2.45) is 0 Å². The Hall–Kier alpha value is -2.16. The summed E-state index contributed by atoms with van der Waals surface area (Å²) in [5.74, 6) is -0.216. The van der Waals surface area contributed by atoms with E-state index in [1.807, 2.05) is 49.7 Å². The predicted molar refractivity (Wildman–Crippen MR) is 76.7 cm³/mol. The zero-order valence-electron chi connectivity index (χ0n) is 11.4. The lowest BCUT2D eigenvalue weighted by Crippen LogP contribution is -1.87. The summed E-state index contributed by atoms with van der Waals surface area (Å²) in [6.45, 7) is 6.01. The summed E-state index contributed by atoms with van der Waals surface area (Å²) in [7, 11) is 0. The Balaban J connectivity index is 0.000000637. The number of rotatable bonds is 1. The van der Waals surface area contributed by atoms with Crippen molar-refractivity contribution in [1.29, 1.82) is 0 Å². The Morgan fingerprint density at radius 1 is 1.00 bits per heavy atom. The second-order valence-electron chi connectivity index (χ2n) is 4.05. The summed E-state index contributed by atoms with van der Waals surface area (Å²) < 4.78 is 14.9. The highest BCUT2D eigenvalue weighted by Gasteiger charge is 2.02. The number of hydrogen-bond acceptors (Lipinski definition) is 1. The van der Waals surface area contributed by atoms with Gasteiger partial charge in [-0.3, -0.25) is 0 Å². The van der Waals surface area contributed by atoms with E-state index in [1.54, 1.807) is 12.1 Å². The van der Waals surface area contributed by atoms with Crippen molar-refractivity contribution in [1.82, 2.24) is 9.38 Å². The van der Waals surface area contributed by atoms with Gasteiger partial charge in [-0.15, -0.1) is 0 Å². The van der Waals surface area contributed by atoms with Gasteiger partial charge >= 0.3 is 0 Å².